The summed E-state index contributed by atoms with van der Waals surface area (Å²) >= 11 is 0. The molecular formula is C22H36FN7O2. The van der Waals surface area contributed by atoms with Gasteiger partial charge in [-0.1, -0.05) is 0 Å². The quantitative estimate of drug-likeness (QED) is 0.521. The van der Waals surface area contributed by atoms with Crippen LogP contribution < -0.4 is 15.5 Å². The Labute approximate surface area is 190 Å². The molecule has 1 atom stereocenters. The molecule has 0 saturated carbocycles. The first-order valence-electron chi connectivity index (χ1n) is 11.3. The van der Waals surface area contributed by atoms with Crippen LogP contribution in [0.3, 0.4) is 0 Å². The van der Waals surface area contributed by atoms with Crippen molar-refractivity contribution in [2.75, 3.05) is 64.3 Å². The van der Waals surface area contributed by atoms with Gasteiger partial charge in [0.25, 0.3) is 0 Å². The summed E-state index contributed by atoms with van der Waals surface area (Å²) < 4.78 is 19.4. The molecule has 1 aromatic heterocycles. The maximum Gasteiger partial charge on any atom is 0.410 e. The third-order valence-corrected chi connectivity index (χ3v) is 5.54. The smallest absolute Gasteiger partial charge is 0.410 e. The second kappa shape index (κ2) is 10.8. The lowest BCUT2D eigenvalue weighted by atomic mass is 10.2. The van der Waals surface area contributed by atoms with Crippen molar-refractivity contribution in [1.29, 1.82) is 0 Å². The average molecular weight is 450 g/mol. The number of nitrogens with zero attached hydrogens (tertiary/aromatic N) is 5. The lowest BCUT2D eigenvalue weighted by molar-refractivity contribution is 0.0147. The minimum absolute atomic E-state index is 0.181. The number of carbonyl (C=O) groups is 1. The van der Waals surface area contributed by atoms with Gasteiger partial charge in [0.2, 0.25) is 0 Å². The summed E-state index contributed by atoms with van der Waals surface area (Å²) in [4.78, 5) is 26.7. The Morgan fingerprint density at radius 1 is 1.28 bits per heavy atom. The van der Waals surface area contributed by atoms with Crippen LogP contribution in [0.5, 0.6) is 0 Å². The molecule has 32 heavy (non-hydrogen) atoms. The zero-order valence-corrected chi connectivity index (χ0v) is 19.6. The van der Waals surface area contributed by atoms with Crippen LogP contribution >= 0.6 is 0 Å². The Hall–Kier alpha value is -2.62. The molecule has 2 aliphatic rings. The molecule has 178 valence electrons. The average Bonchev–Trinajstić information content (AvgIpc) is 3.21. The molecule has 0 radical (unpaired) electrons. The van der Waals surface area contributed by atoms with Crippen molar-refractivity contribution in [3.63, 3.8) is 0 Å². The minimum atomic E-state index is -0.469. The van der Waals surface area contributed by atoms with E-state index in [1.807, 2.05) is 25.7 Å². The summed E-state index contributed by atoms with van der Waals surface area (Å²) in [5.41, 5.74) is -0.469. The number of halogens is 1. The van der Waals surface area contributed by atoms with E-state index in [1.165, 1.54) is 6.07 Å². The van der Waals surface area contributed by atoms with Gasteiger partial charge in [0.05, 0.1) is 0 Å². The summed E-state index contributed by atoms with van der Waals surface area (Å²) in [7, 11) is 1.75. The lowest BCUT2D eigenvalue weighted by Gasteiger charge is -2.35. The molecule has 0 aromatic carbocycles. The van der Waals surface area contributed by atoms with Gasteiger partial charge in [-0.3, -0.25) is 9.89 Å². The van der Waals surface area contributed by atoms with Crippen LogP contribution in [0.25, 0.3) is 0 Å². The van der Waals surface area contributed by atoms with Gasteiger partial charge in [0.1, 0.15) is 5.60 Å². The fourth-order valence-corrected chi connectivity index (χ4v) is 3.88. The molecule has 1 aromatic rings. The van der Waals surface area contributed by atoms with Crippen molar-refractivity contribution in [2.24, 2.45) is 4.99 Å². The van der Waals surface area contributed by atoms with Crippen LogP contribution in [-0.4, -0.2) is 97.9 Å². The fourth-order valence-electron chi connectivity index (χ4n) is 3.88. The molecule has 0 spiro atoms. The van der Waals surface area contributed by atoms with E-state index >= 15 is 0 Å². The van der Waals surface area contributed by atoms with E-state index in [0.717, 1.165) is 45.1 Å². The SMILES string of the molecule is CN=C(NCCN1CCN(C(=O)OC(C)(C)C)CC1)NC1CCN(c2ncccc2F)C1. The van der Waals surface area contributed by atoms with Crippen LogP contribution in [0, 0.1) is 5.82 Å². The Balaban J connectivity index is 1.35. The summed E-state index contributed by atoms with van der Waals surface area (Å²) in [6, 6.07) is 3.23. The van der Waals surface area contributed by atoms with E-state index < -0.39 is 5.60 Å². The Morgan fingerprint density at radius 2 is 2.03 bits per heavy atom. The van der Waals surface area contributed by atoms with E-state index in [9.17, 15) is 9.18 Å². The van der Waals surface area contributed by atoms with Gasteiger partial charge in [-0.15, -0.1) is 0 Å². The summed E-state index contributed by atoms with van der Waals surface area (Å²) in [5.74, 6) is 0.860. The normalized spacial score (nSPS) is 20.4. The molecule has 3 heterocycles. The second-order valence-electron chi connectivity index (χ2n) is 9.19. The van der Waals surface area contributed by atoms with Crippen molar-refractivity contribution >= 4 is 17.9 Å². The first-order chi connectivity index (χ1) is 15.2. The largest absolute Gasteiger partial charge is 0.444 e. The number of nitrogens with one attached hydrogen (secondary N) is 2. The first kappa shape index (κ1) is 24.0. The number of pyridine rings is 1. The number of aliphatic imine (C=N–C) groups is 1. The van der Waals surface area contributed by atoms with E-state index in [-0.39, 0.29) is 18.0 Å². The van der Waals surface area contributed by atoms with Crippen molar-refractivity contribution < 1.29 is 13.9 Å². The van der Waals surface area contributed by atoms with Crippen LogP contribution in [0.1, 0.15) is 27.2 Å². The van der Waals surface area contributed by atoms with E-state index in [2.05, 4.69) is 25.5 Å². The van der Waals surface area contributed by atoms with Gasteiger partial charge in [-0.05, 0) is 39.3 Å². The van der Waals surface area contributed by atoms with Gasteiger partial charge < -0.3 is 25.2 Å². The molecule has 10 heteroatoms. The van der Waals surface area contributed by atoms with E-state index in [4.69, 9.17) is 4.74 Å². The molecule has 3 rings (SSSR count). The van der Waals surface area contributed by atoms with Gasteiger partial charge in [0.15, 0.2) is 17.6 Å². The van der Waals surface area contributed by atoms with Crippen molar-refractivity contribution in [1.82, 2.24) is 25.4 Å². The highest BCUT2D eigenvalue weighted by Crippen LogP contribution is 2.20. The van der Waals surface area contributed by atoms with Crippen molar-refractivity contribution in [3.8, 4) is 0 Å². The number of carbonyl (C=O) groups excluding carboxylic acids is 1. The number of guanidine groups is 1. The maximum atomic E-state index is 14.0. The summed E-state index contributed by atoms with van der Waals surface area (Å²) in [6.07, 6.45) is 2.27. The van der Waals surface area contributed by atoms with Gasteiger partial charge >= 0.3 is 6.09 Å². The molecular weight excluding hydrogens is 413 g/mol. The molecule has 2 fully saturated rings. The predicted molar refractivity (Wildman–Crippen MR) is 124 cm³/mol. The lowest BCUT2D eigenvalue weighted by Crippen LogP contribution is -2.52. The number of hydrogen-bond acceptors (Lipinski definition) is 6. The maximum absolute atomic E-state index is 14.0. The molecule has 2 N–H and O–H groups in total. The molecule has 9 nitrogen and oxygen atoms in total. The van der Waals surface area contributed by atoms with Gasteiger partial charge in [-0.2, -0.15) is 0 Å². The van der Waals surface area contributed by atoms with E-state index in [1.54, 1.807) is 24.2 Å². The number of anilines is 1. The highest BCUT2D eigenvalue weighted by molar-refractivity contribution is 5.80. The first-order valence-corrected chi connectivity index (χ1v) is 11.3. The molecule has 1 unspecified atom stereocenters. The zero-order chi connectivity index (χ0) is 23.1. The third kappa shape index (κ3) is 6.94. The van der Waals surface area contributed by atoms with Gasteiger partial charge in [-0.25, -0.2) is 14.2 Å². The number of hydrogen-bond donors (Lipinski definition) is 2. The highest BCUT2D eigenvalue weighted by Gasteiger charge is 2.27. The monoisotopic (exact) mass is 449 g/mol. The summed E-state index contributed by atoms with van der Waals surface area (Å²) in [6.45, 7) is 11.7. The third-order valence-electron chi connectivity index (χ3n) is 5.54. The highest BCUT2D eigenvalue weighted by atomic mass is 19.1. The zero-order valence-electron chi connectivity index (χ0n) is 19.6. The summed E-state index contributed by atoms with van der Waals surface area (Å²) in [5, 5.41) is 6.78. The standard InChI is InChI=1S/C22H36FN7O2/c1-22(2,3)32-21(31)29-14-12-28(13-15-29)11-9-26-20(24-4)27-17-7-10-30(16-17)19-18(23)6-5-8-25-19/h5-6,8,17H,7,9-16H2,1-4H3,(H2,24,26,27). The minimum Gasteiger partial charge on any atom is -0.444 e. The molecule has 0 aliphatic carbocycles. The molecule has 1 amide bonds. The Morgan fingerprint density at radius 3 is 2.69 bits per heavy atom. The van der Waals surface area contributed by atoms with Crippen molar-refractivity contribution in [2.45, 2.75) is 38.8 Å². The molecule has 2 saturated heterocycles. The molecule has 2 aliphatic heterocycles. The predicted octanol–water partition coefficient (Wildman–Crippen LogP) is 1.52. The molecule has 0 bridgehead atoms. The second-order valence-corrected chi connectivity index (χ2v) is 9.19. The number of ether oxygens (including phenoxy) is 1. The van der Waals surface area contributed by atoms with Gasteiger partial charge in [0, 0.05) is 71.6 Å². The number of rotatable bonds is 5. The van der Waals surface area contributed by atoms with Crippen LogP contribution in [0.15, 0.2) is 23.3 Å². The number of aromatic nitrogens is 1. The number of amides is 1. The van der Waals surface area contributed by atoms with Crippen LogP contribution in [0.2, 0.25) is 0 Å². The van der Waals surface area contributed by atoms with Crippen LogP contribution in [-0.2, 0) is 4.74 Å². The van der Waals surface area contributed by atoms with Crippen LogP contribution in [0.4, 0.5) is 15.0 Å². The van der Waals surface area contributed by atoms with E-state index in [0.29, 0.717) is 25.5 Å². The fraction of sp³-hybridized carbons (Fsp3) is 0.682. The Bertz CT molecular complexity index is 791. The topological polar surface area (TPSA) is 85.3 Å². The number of piperazine rings is 1. The van der Waals surface area contributed by atoms with Crippen molar-refractivity contribution in [3.05, 3.63) is 24.1 Å². The Kier molecular flexibility index (Phi) is 8.11.